The van der Waals surface area contributed by atoms with Crippen molar-refractivity contribution in [3.63, 3.8) is 0 Å². The lowest BCUT2D eigenvalue weighted by Gasteiger charge is -2.25. The maximum absolute atomic E-state index is 13.2. The van der Waals surface area contributed by atoms with Gasteiger partial charge in [0, 0.05) is 18.1 Å². The van der Waals surface area contributed by atoms with Crippen LogP contribution in [0.3, 0.4) is 0 Å². The van der Waals surface area contributed by atoms with Crippen LogP contribution in [0.25, 0.3) is 0 Å². The summed E-state index contributed by atoms with van der Waals surface area (Å²) >= 11 is 6.05. The van der Waals surface area contributed by atoms with Crippen LogP contribution in [0.5, 0.6) is 5.75 Å². The molecule has 26 heavy (non-hydrogen) atoms. The predicted molar refractivity (Wildman–Crippen MR) is 105 cm³/mol. The molecule has 1 saturated heterocycles. The van der Waals surface area contributed by atoms with Gasteiger partial charge >= 0.3 is 0 Å². The van der Waals surface area contributed by atoms with E-state index < -0.39 is 10.0 Å². The highest BCUT2D eigenvalue weighted by atomic mass is 35.5. The molecule has 2 aromatic carbocycles. The summed E-state index contributed by atoms with van der Waals surface area (Å²) < 4.78 is 33.3. The van der Waals surface area contributed by atoms with Gasteiger partial charge in [-0.25, -0.2) is 8.42 Å². The normalized spacial score (nSPS) is 19.1. The molecular weight excluding hydrogens is 370 g/mol. The number of sulfonamides is 1. The summed E-state index contributed by atoms with van der Waals surface area (Å²) in [6, 6.07) is 13.0. The molecule has 1 fully saturated rings. The Bertz CT molecular complexity index is 865. The zero-order valence-electron chi connectivity index (χ0n) is 15.1. The first-order valence-electron chi connectivity index (χ1n) is 8.82. The molecule has 0 saturated carbocycles. The SMILES string of the molecule is COc1ccc(C2CCCCN(S(=O)(=O)c3cc(Cl)ccc3C)C2)cc1. The Hall–Kier alpha value is -1.56. The molecule has 1 unspecified atom stereocenters. The lowest BCUT2D eigenvalue weighted by atomic mass is 9.94. The summed E-state index contributed by atoms with van der Waals surface area (Å²) in [7, 11) is -1.93. The first-order chi connectivity index (χ1) is 12.4. The van der Waals surface area contributed by atoms with E-state index in [9.17, 15) is 8.42 Å². The van der Waals surface area contributed by atoms with E-state index in [1.807, 2.05) is 31.2 Å². The molecule has 0 radical (unpaired) electrons. The number of hydrogen-bond donors (Lipinski definition) is 0. The Kier molecular flexibility index (Phi) is 5.90. The zero-order chi connectivity index (χ0) is 18.7. The van der Waals surface area contributed by atoms with Crippen LogP contribution in [0.15, 0.2) is 47.4 Å². The third-order valence-corrected chi connectivity index (χ3v) is 7.23. The van der Waals surface area contributed by atoms with E-state index in [2.05, 4.69) is 0 Å². The largest absolute Gasteiger partial charge is 0.497 e. The number of methoxy groups -OCH3 is 1. The first-order valence-corrected chi connectivity index (χ1v) is 10.6. The van der Waals surface area contributed by atoms with Crippen LogP contribution in [0.2, 0.25) is 5.02 Å². The van der Waals surface area contributed by atoms with Crippen molar-refractivity contribution < 1.29 is 13.2 Å². The Morgan fingerprint density at radius 1 is 1.12 bits per heavy atom. The Balaban J connectivity index is 1.89. The summed E-state index contributed by atoms with van der Waals surface area (Å²) in [6.45, 7) is 2.84. The number of halogens is 1. The third kappa shape index (κ3) is 4.05. The lowest BCUT2D eigenvalue weighted by molar-refractivity contribution is 0.404. The van der Waals surface area contributed by atoms with Crippen molar-refractivity contribution in [2.75, 3.05) is 20.2 Å². The summed E-state index contributed by atoms with van der Waals surface area (Å²) in [4.78, 5) is 0.306. The van der Waals surface area contributed by atoms with Gasteiger partial charge in [-0.3, -0.25) is 0 Å². The fourth-order valence-electron chi connectivity index (χ4n) is 3.46. The second kappa shape index (κ2) is 7.99. The van der Waals surface area contributed by atoms with Gasteiger partial charge in [0.2, 0.25) is 10.0 Å². The van der Waals surface area contributed by atoms with Crippen LogP contribution in [0.4, 0.5) is 0 Å². The lowest BCUT2D eigenvalue weighted by Crippen LogP contribution is -2.34. The second-order valence-electron chi connectivity index (χ2n) is 6.74. The molecule has 0 aromatic heterocycles. The van der Waals surface area contributed by atoms with Crippen molar-refractivity contribution in [3.8, 4) is 5.75 Å². The van der Waals surface area contributed by atoms with Crippen molar-refractivity contribution >= 4 is 21.6 Å². The quantitative estimate of drug-likeness (QED) is 0.761. The standard InChI is InChI=1S/C20H24ClNO3S/c1-15-6-9-18(21)13-20(15)26(23,24)22-12-4-3-5-17(14-22)16-7-10-19(25-2)11-8-16/h6-11,13,17H,3-5,12,14H2,1-2H3. The smallest absolute Gasteiger partial charge is 0.243 e. The highest BCUT2D eigenvalue weighted by molar-refractivity contribution is 7.89. The summed E-state index contributed by atoms with van der Waals surface area (Å²) in [6.07, 6.45) is 2.86. The molecule has 0 amide bonds. The highest BCUT2D eigenvalue weighted by Crippen LogP contribution is 2.32. The second-order valence-corrected chi connectivity index (χ2v) is 9.08. The fraction of sp³-hybridized carbons (Fsp3) is 0.400. The van der Waals surface area contributed by atoms with E-state index in [4.69, 9.17) is 16.3 Å². The molecule has 3 rings (SSSR count). The van der Waals surface area contributed by atoms with E-state index in [0.717, 1.165) is 36.1 Å². The van der Waals surface area contributed by atoms with Gasteiger partial charge in [-0.1, -0.05) is 36.2 Å². The predicted octanol–water partition coefficient (Wildman–Crippen LogP) is 4.62. The molecule has 1 aliphatic rings. The van der Waals surface area contributed by atoms with Gasteiger partial charge in [-0.05, 0) is 61.1 Å². The van der Waals surface area contributed by atoms with E-state index in [1.165, 1.54) is 0 Å². The summed E-state index contributed by atoms with van der Waals surface area (Å²) in [5.74, 6) is 0.985. The Labute approximate surface area is 160 Å². The van der Waals surface area contributed by atoms with Gasteiger partial charge in [0.1, 0.15) is 5.75 Å². The van der Waals surface area contributed by atoms with Crippen molar-refractivity contribution in [2.24, 2.45) is 0 Å². The molecule has 0 aliphatic carbocycles. The molecular formula is C20H24ClNO3S. The maximum atomic E-state index is 13.2. The fourth-order valence-corrected chi connectivity index (χ4v) is 5.48. The molecule has 1 aliphatic heterocycles. The molecule has 0 spiro atoms. The van der Waals surface area contributed by atoms with Crippen LogP contribution in [-0.2, 0) is 10.0 Å². The molecule has 4 nitrogen and oxygen atoms in total. The minimum absolute atomic E-state index is 0.178. The first kappa shape index (κ1) is 19.2. The monoisotopic (exact) mass is 393 g/mol. The van der Waals surface area contributed by atoms with E-state index in [-0.39, 0.29) is 5.92 Å². The van der Waals surface area contributed by atoms with Crippen molar-refractivity contribution in [1.29, 1.82) is 0 Å². The molecule has 0 bridgehead atoms. The highest BCUT2D eigenvalue weighted by Gasteiger charge is 2.30. The van der Waals surface area contributed by atoms with Gasteiger partial charge in [0.25, 0.3) is 0 Å². The Morgan fingerprint density at radius 3 is 2.54 bits per heavy atom. The minimum Gasteiger partial charge on any atom is -0.497 e. The topological polar surface area (TPSA) is 46.6 Å². The van der Waals surface area contributed by atoms with E-state index >= 15 is 0 Å². The van der Waals surface area contributed by atoms with Crippen LogP contribution >= 0.6 is 11.6 Å². The number of rotatable bonds is 4. The van der Waals surface area contributed by atoms with Crippen molar-refractivity contribution in [3.05, 3.63) is 58.6 Å². The molecule has 2 aromatic rings. The number of hydrogen-bond acceptors (Lipinski definition) is 3. The summed E-state index contributed by atoms with van der Waals surface area (Å²) in [5.41, 5.74) is 1.87. The van der Waals surface area contributed by atoms with Gasteiger partial charge < -0.3 is 4.74 Å². The molecule has 0 N–H and O–H groups in total. The van der Waals surface area contributed by atoms with Crippen LogP contribution in [-0.4, -0.2) is 32.9 Å². The zero-order valence-corrected chi connectivity index (χ0v) is 16.7. The number of nitrogens with zero attached hydrogens (tertiary/aromatic N) is 1. The van der Waals surface area contributed by atoms with Crippen LogP contribution < -0.4 is 4.74 Å². The van der Waals surface area contributed by atoms with Crippen LogP contribution in [0.1, 0.15) is 36.3 Å². The van der Waals surface area contributed by atoms with Gasteiger partial charge in [0.15, 0.2) is 0 Å². The van der Waals surface area contributed by atoms with Gasteiger partial charge in [0.05, 0.1) is 12.0 Å². The number of benzene rings is 2. The van der Waals surface area contributed by atoms with Crippen molar-refractivity contribution in [2.45, 2.75) is 37.0 Å². The van der Waals surface area contributed by atoms with Crippen LogP contribution in [0, 0.1) is 6.92 Å². The maximum Gasteiger partial charge on any atom is 0.243 e. The molecule has 1 heterocycles. The van der Waals surface area contributed by atoms with Gasteiger partial charge in [-0.15, -0.1) is 0 Å². The van der Waals surface area contributed by atoms with E-state index in [0.29, 0.717) is 23.0 Å². The minimum atomic E-state index is -3.57. The van der Waals surface area contributed by atoms with E-state index in [1.54, 1.807) is 29.6 Å². The van der Waals surface area contributed by atoms with Crippen molar-refractivity contribution in [1.82, 2.24) is 4.31 Å². The third-order valence-electron chi connectivity index (χ3n) is 4.99. The summed E-state index contributed by atoms with van der Waals surface area (Å²) in [5, 5.41) is 0.440. The van der Waals surface area contributed by atoms with Gasteiger partial charge in [-0.2, -0.15) is 4.31 Å². The number of aryl methyl sites for hydroxylation is 1. The molecule has 1 atom stereocenters. The average Bonchev–Trinajstić information content (AvgIpc) is 2.90. The molecule has 140 valence electrons. The average molecular weight is 394 g/mol. The Morgan fingerprint density at radius 2 is 1.85 bits per heavy atom. The molecule has 6 heteroatoms. The number of ether oxygens (including phenoxy) is 1.